The zero-order chi connectivity index (χ0) is 11.2. The molecule has 3 heteroatoms. The highest BCUT2D eigenvalue weighted by Gasteiger charge is 2.13. The Labute approximate surface area is 96.9 Å². The van der Waals surface area contributed by atoms with Gasteiger partial charge in [-0.05, 0) is 18.9 Å². The number of nitrogens with zero attached hydrogens (tertiary/aromatic N) is 1. The van der Waals surface area contributed by atoms with Crippen molar-refractivity contribution >= 4 is 5.82 Å². The van der Waals surface area contributed by atoms with Crippen molar-refractivity contribution in [3.63, 3.8) is 0 Å². The number of aliphatic hydroxyl groups excluding tert-OH is 1. The van der Waals surface area contributed by atoms with Gasteiger partial charge in [0, 0.05) is 17.8 Å². The molecule has 2 N–H and O–H groups in total. The molecule has 0 atom stereocenters. The lowest BCUT2D eigenvalue weighted by Gasteiger charge is -2.18. The molecule has 1 aromatic rings. The van der Waals surface area contributed by atoms with Crippen molar-refractivity contribution in [1.29, 1.82) is 0 Å². The molecule has 0 unspecified atom stereocenters. The van der Waals surface area contributed by atoms with Crippen molar-refractivity contribution in [2.24, 2.45) is 0 Å². The van der Waals surface area contributed by atoms with Crippen LogP contribution < -0.4 is 5.32 Å². The number of hydrogen-bond acceptors (Lipinski definition) is 3. The third-order valence-corrected chi connectivity index (χ3v) is 3.26. The number of hydrogen-bond donors (Lipinski definition) is 2. The molecule has 16 heavy (non-hydrogen) atoms. The van der Waals surface area contributed by atoms with Crippen LogP contribution in [0.5, 0.6) is 0 Å². The predicted octanol–water partition coefficient (Wildman–Crippen LogP) is 2.71. The second-order valence-corrected chi connectivity index (χ2v) is 4.50. The van der Waals surface area contributed by atoms with Gasteiger partial charge in [-0.1, -0.05) is 31.7 Å². The molecule has 3 nitrogen and oxygen atoms in total. The third kappa shape index (κ3) is 2.95. The average Bonchev–Trinajstić information content (AvgIpc) is 2.58. The van der Waals surface area contributed by atoms with Crippen LogP contribution in [0.1, 0.15) is 44.1 Å². The Kier molecular flexibility index (Phi) is 4.17. The van der Waals surface area contributed by atoms with Crippen LogP contribution in [0.4, 0.5) is 5.82 Å². The van der Waals surface area contributed by atoms with E-state index in [4.69, 9.17) is 0 Å². The van der Waals surface area contributed by atoms with E-state index in [1.807, 2.05) is 12.1 Å². The van der Waals surface area contributed by atoms with Gasteiger partial charge in [0.25, 0.3) is 0 Å². The largest absolute Gasteiger partial charge is 0.392 e. The summed E-state index contributed by atoms with van der Waals surface area (Å²) in [7, 11) is 0. The summed E-state index contributed by atoms with van der Waals surface area (Å²) in [6.07, 6.45) is 9.54. The van der Waals surface area contributed by atoms with Crippen LogP contribution in [0.25, 0.3) is 0 Å². The second kappa shape index (κ2) is 5.85. The van der Waals surface area contributed by atoms with Crippen molar-refractivity contribution in [3.05, 3.63) is 23.9 Å². The Morgan fingerprint density at radius 3 is 2.69 bits per heavy atom. The van der Waals surface area contributed by atoms with Gasteiger partial charge in [-0.3, -0.25) is 0 Å². The van der Waals surface area contributed by atoms with Crippen molar-refractivity contribution in [2.75, 3.05) is 5.32 Å². The molecule has 1 heterocycles. The Bertz CT molecular complexity index is 319. The fourth-order valence-electron chi connectivity index (χ4n) is 2.31. The number of aliphatic hydroxyl groups is 1. The molecule has 0 aromatic carbocycles. The molecule has 0 aliphatic heterocycles. The summed E-state index contributed by atoms with van der Waals surface area (Å²) in [5.74, 6) is 0.858. The summed E-state index contributed by atoms with van der Waals surface area (Å²) < 4.78 is 0. The van der Waals surface area contributed by atoms with Gasteiger partial charge in [0.1, 0.15) is 5.82 Å². The second-order valence-electron chi connectivity index (χ2n) is 4.50. The van der Waals surface area contributed by atoms with Crippen molar-refractivity contribution in [2.45, 2.75) is 51.2 Å². The van der Waals surface area contributed by atoms with E-state index < -0.39 is 0 Å². The Hall–Kier alpha value is -1.09. The maximum atomic E-state index is 9.22. The van der Waals surface area contributed by atoms with E-state index in [0.29, 0.717) is 6.04 Å². The molecule has 1 aliphatic rings. The fraction of sp³-hybridized carbons (Fsp3) is 0.615. The maximum absolute atomic E-state index is 9.22. The summed E-state index contributed by atoms with van der Waals surface area (Å²) in [5.41, 5.74) is 0.895. The third-order valence-electron chi connectivity index (χ3n) is 3.26. The van der Waals surface area contributed by atoms with Gasteiger partial charge in [0.15, 0.2) is 0 Å². The van der Waals surface area contributed by atoms with Gasteiger partial charge in [-0.2, -0.15) is 0 Å². The van der Waals surface area contributed by atoms with E-state index >= 15 is 0 Å². The van der Waals surface area contributed by atoms with Crippen LogP contribution >= 0.6 is 0 Å². The standard InChI is InChI=1S/C13H20N2O/c16-10-11-6-5-9-14-13(11)15-12-7-3-1-2-4-8-12/h5-6,9,12,16H,1-4,7-8,10H2,(H,14,15). The molecule has 1 aromatic heterocycles. The molecule has 0 amide bonds. The van der Waals surface area contributed by atoms with E-state index in [1.54, 1.807) is 6.20 Å². The first-order valence-electron chi connectivity index (χ1n) is 6.21. The van der Waals surface area contributed by atoms with Crippen LogP contribution in [0, 0.1) is 0 Å². The van der Waals surface area contributed by atoms with E-state index in [0.717, 1.165) is 11.4 Å². The Balaban J connectivity index is 2.01. The summed E-state index contributed by atoms with van der Waals surface area (Å²) >= 11 is 0. The molecule has 1 fully saturated rings. The molecule has 1 aliphatic carbocycles. The minimum Gasteiger partial charge on any atom is -0.392 e. The Morgan fingerprint density at radius 2 is 2.00 bits per heavy atom. The quantitative estimate of drug-likeness (QED) is 0.770. The number of nitrogens with one attached hydrogen (secondary N) is 1. The van der Waals surface area contributed by atoms with Gasteiger partial charge >= 0.3 is 0 Å². The molecule has 1 saturated carbocycles. The minimum atomic E-state index is 0.0584. The number of aromatic nitrogens is 1. The van der Waals surface area contributed by atoms with E-state index in [1.165, 1.54) is 38.5 Å². The minimum absolute atomic E-state index is 0.0584. The lowest BCUT2D eigenvalue weighted by Crippen LogP contribution is -2.20. The molecular weight excluding hydrogens is 200 g/mol. The topological polar surface area (TPSA) is 45.2 Å². The first-order valence-corrected chi connectivity index (χ1v) is 6.21. The SMILES string of the molecule is OCc1cccnc1NC1CCCCCC1. The van der Waals surface area contributed by atoms with E-state index in [9.17, 15) is 5.11 Å². The van der Waals surface area contributed by atoms with Crippen LogP contribution in [-0.2, 0) is 6.61 Å². The predicted molar refractivity (Wildman–Crippen MR) is 65.3 cm³/mol. The lowest BCUT2D eigenvalue weighted by molar-refractivity contribution is 0.282. The van der Waals surface area contributed by atoms with Crippen LogP contribution in [0.15, 0.2) is 18.3 Å². The summed E-state index contributed by atoms with van der Waals surface area (Å²) in [4.78, 5) is 4.30. The zero-order valence-electron chi connectivity index (χ0n) is 9.65. The monoisotopic (exact) mass is 220 g/mol. The number of pyridine rings is 1. The smallest absolute Gasteiger partial charge is 0.131 e. The van der Waals surface area contributed by atoms with Crippen LogP contribution in [-0.4, -0.2) is 16.1 Å². The normalized spacial score (nSPS) is 18.1. The highest BCUT2D eigenvalue weighted by atomic mass is 16.3. The van der Waals surface area contributed by atoms with Crippen molar-refractivity contribution in [1.82, 2.24) is 4.98 Å². The first kappa shape index (κ1) is 11.4. The van der Waals surface area contributed by atoms with Crippen molar-refractivity contribution < 1.29 is 5.11 Å². The van der Waals surface area contributed by atoms with Crippen LogP contribution in [0.3, 0.4) is 0 Å². The summed E-state index contributed by atoms with van der Waals surface area (Å²) in [5, 5.41) is 12.7. The highest BCUT2D eigenvalue weighted by molar-refractivity contribution is 5.44. The molecule has 2 rings (SSSR count). The fourth-order valence-corrected chi connectivity index (χ4v) is 2.31. The molecule has 0 bridgehead atoms. The number of rotatable bonds is 3. The van der Waals surface area contributed by atoms with Gasteiger partial charge in [-0.25, -0.2) is 4.98 Å². The Morgan fingerprint density at radius 1 is 1.25 bits per heavy atom. The zero-order valence-corrected chi connectivity index (χ0v) is 9.65. The molecule has 0 saturated heterocycles. The first-order chi connectivity index (χ1) is 7.90. The summed E-state index contributed by atoms with van der Waals surface area (Å²) in [6.45, 7) is 0.0584. The highest BCUT2D eigenvalue weighted by Crippen LogP contribution is 2.21. The van der Waals surface area contributed by atoms with Gasteiger partial charge in [0.05, 0.1) is 6.61 Å². The maximum Gasteiger partial charge on any atom is 0.131 e. The number of anilines is 1. The molecular formula is C13H20N2O. The lowest BCUT2D eigenvalue weighted by atomic mass is 10.1. The summed E-state index contributed by atoms with van der Waals surface area (Å²) in [6, 6.07) is 4.32. The van der Waals surface area contributed by atoms with Gasteiger partial charge in [-0.15, -0.1) is 0 Å². The van der Waals surface area contributed by atoms with E-state index in [-0.39, 0.29) is 6.61 Å². The molecule has 88 valence electrons. The molecule has 0 radical (unpaired) electrons. The average molecular weight is 220 g/mol. The van der Waals surface area contributed by atoms with E-state index in [2.05, 4.69) is 10.3 Å². The van der Waals surface area contributed by atoms with Gasteiger partial charge in [0.2, 0.25) is 0 Å². The molecule has 0 spiro atoms. The van der Waals surface area contributed by atoms with Crippen molar-refractivity contribution in [3.8, 4) is 0 Å². The van der Waals surface area contributed by atoms with Gasteiger partial charge < -0.3 is 10.4 Å². The van der Waals surface area contributed by atoms with Crippen LogP contribution in [0.2, 0.25) is 0 Å².